The molecule has 3 fully saturated rings. The molecule has 1 aromatic carbocycles. The van der Waals surface area contributed by atoms with Gasteiger partial charge in [0.1, 0.15) is 0 Å². The number of Topliss-reactive ketones (excluding diaryl/α,β-unsaturated/α-hetero) is 1. The molecule has 4 aliphatic rings. The van der Waals surface area contributed by atoms with E-state index in [1.807, 2.05) is 19.9 Å². The third-order valence-electron chi connectivity index (χ3n) is 8.77. The van der Waals surface area contributed by atoms with Crippen LogP contribution in [-0.4, -0.2) is 43.4 Å². The highest BCUT2D eigenvalue weighted by atomic mass is 32.2. The van der Waals surface area contributed by atoms with Crippen LogP contribution in [0.15, 0.2) is 30.3 Å². The molecule has 1 unspecified atom stereocenters. The molecule has 0 amide bonds. The SMILES string of the molecule is CC1(C)[C@@H]2CC[C@@]1(CS(=O)(=O)N1CCC3(C=Cc4ccccc43)CC1)C(=O)C2N. The van der Waals surface area contributed by atoms with E-state index >= 15 is 0 Å². The molecule has 5 rings (SSSR count). The van der Waals surface area contributed by atoms with Crippen molar-refractivity contribution in [2.24, 2.45) is 22.5 Å². The highest BCUT2D eigenvalue weighted by Gasteiger charge is 2.69. The van der Waals surface area contributed by atoms with Crippen molar-refractivity contribution in [2.45, 2.75) is 51.0 Å². The van der Waals surface area contributed by atoms with Gasteiger partial charge in [0.25, 0.3) is 0 Å². The maximum atomic E-state index is 13.4. The molecule has 5 nitrogen and oxygen atoms in total. The van der Waals surface area contributed by atoms with Gasteiger partial charge in [0, 0.05) is 18.5 Å². The average Bonchev–Trinajstić information content (AvgIpc) is 3.20. The molecule has 1 aromatic rings. The van der Waals surface area contributed by atoms with Crippen LogP contribution in [0.3, 0.4) is 0 Å². The van der Waals surface area contributed by atoms with Gasteiger partial charge in [-0.2, -0.15) is 0 Å². The number of ketones is 1. The first kappa shape index (κ1) is 19.5. The first-order valence-corrected chi connectivity index (χ1v) is 12.3. The summed E-state index contributed by atoms with van der Waals surface area (Å²) in [5, 5.41) is 0. The monoisotopic (exact) mass is 414 g/mol. The van der Waals surface area contributed by atoms with Crippen molar-refractivity contribution in [3.63, 3.8) is 0 Å². The standard InChI is InChI=1S/C23H30N2O3S/c1-21(2)18-8-10-23(21,20(26)19(18)24)15-29(27,28)25-13-11-22(12-14-25)9-7-16-5-3-4-6-17(16)22/h3-7,9,18-19H,8,10-15,24H2,1-2H3/t18-,19?,23-/m1/s1. The third-order valence-corrected chi connectivity index (χ3v) is 10.8. The summed E-state index contributed by atoms with van der Waals surface area (Å²) in [6.45, 7) is 5.08. The molecule has 2 N–H and O–H groups in total. The minimum Gasteiger partial charge on any atom is -0.321 e. The van der Waals surface area contributed by atoms with Crippen LogP contribution in [0.5, 0.6) is 0 Å². The van der Waals surface area contributed by atoms with Crippen LogP contribution in [0.2, 0.25) is 0 Å². The Kier molecular flexibility index (Phi) is 4.04. The molecule has 1 heterocycles. The third kappa shape index (κ3) is 2.45. The Labute approximate surface area is 173 Å². The van der Waals surface area contributed by atoms with Crippen LogP contribution in [0.25, 0.3) is 6.08 Å². The van der Waals surface area contributed by atoms with E-state index in [-0.39, 0.29) is 28.3 Å². The van der Waals surface area contributed by atoms with E-state index in [0.717, 1.165) is 19.3 Å². The number of nitrogens with zero attached hydrogens (tertiary/aromatic N) is 1. The summed E-state index contributed by atoms with van der Waals surface area (Å²) in [5.41, 5.74) is 7.49. The van der Waals surface area contributed by atoms with Crippen molar-refractivity contribution in [1.82, 2.24) is 4.31 Å². The second-order valence-corrected chi connectivity index (χ2v) is 12.0. The van der Waals surface area contributed by atoms with Gasteiger partial charge in [-0.1, -0.05) is 50.3 Å². The molecule has 1 aliphatic heterocycles. The van der Waals surface area contributed by atoms with E-state index in [0.29, 0.717) is 19.5 Å². The highest BCUT2D eigenvalue weighted by Crippen LogP contribution is 2.64. The summed E-state index contributed by atoms with van der Waals surface area (Å²) in [4.78, 5) is 13.0. The molecule has 3 atom stereocenters. The molecule has 2 bridgehead atoms. The van der Waals surface area contributed by atoms with E-state index in [1.165, 1.54) is 11.1 Å². The number of hydrogen-bond acceptors (Lipinski definition) is 4. The molecule has 1 spiro atoms. The Morgan fingerprint density at radius 3 is 2.48 bits per heavy atom. The molecule has 3 aliphatic carbocycles. The second kappa shape index (κ2) is 6.02. The quantitative estimate of drug-likeness (QED) is 0.825. The lowest BCUT2D eigenvalue weighted by Crippen LogP contribution is -2.51. The Hall–Kier alpha value is -1.50. The van der Waals surface area contributed by atoms with Crippen molar-refractivity contribution in [3.8, 4) is 0 Å². The predicted molar refractivity (Wildman–Crippen MR) is 114 cm³/mol. The molecular formula is C23H30N2O3S. The summed E-state index contributed by atoms with van der Waals surface area (Å²) in [7, 11) is -3.53. The normalized spacial score (nSPS) is 34.8. The van der Waals surface area contributed by atoms with E-state index in [9.17, 15) is 13.2 Å². The Morgan fingerprint density at radius 2 is 1.83 bits per heavy atom. The molecule has 6 heteroatoms. The minimum atomic E-state index is -3.53. The van der Waals surface area contributed by atoms with Crippen LogP contribution in [0.1, 0.15) is 50.7 Å². The van der Waals surface area contributed by atoms with Gasteiger partial charge in [-0.05, 0) is 48.1 Å². The number of rotatable bonds is 3. The zero-order valence-corrected chi connectivity index (χ0v) is 18.0. The number of benzene rings is 1. The molecule has 2 saturated carbocycles. The van der Waals surface area contributed by atoms with Crippen LogP contribution in [0, 0.1) is 16.7 Å². The number of carbonyl (C=O) groups is 1. The summed E-state index contributed by atoms with van der Waals surface area (Å²) in [6, 6.07) is 7.87. The van der Waals surface area contributed by atoms with Gasteiger partial charge in [-0.15, -0.1) is 0 Å². The van der Waals surface area contributed by atoms with Crippen LogP contribution < -0.4 is 5.73 Å². The van der Waals surface area contributed by atoms with Crippen molar-refractivity contribution in [3.05, 3.63) is 41.5 Å². The molecule has 1 saturated heterocycles. The number of piperidine rings is 1. The Balaban J connectivity index is 1.37. The van der Waals surface area contributed by atoms with Crippen molar-refractivity contribution >= 4 is 21.9 Å². The zero-order valence-electron chi connectivity index (χ0n) is 17.2. The summed E-state index contributed by atoms with van der Waals surface area (Å²) in [5.74, 6) is -0.0338. The van der Waals surface area contributed by atoms with E-state index in [2.05, 4.69) is 30.4 Å². The number of hydrogen-bond donors (Lipinski definition) is 1. The largest absolute Gasteiger partial charge is 0.321 e. The van der Waals surface area contributed by atoms with Crippen molar-refractivity contribution < 1.29 is 13.2 Å². The van der Waals surface area contributed by atoms with Gasteiger partial charge >= 0.3 is 0 Å². The Morgan fingerprint density at radius 1 is 1.14 bits per heavy atom. The van der Waals surface area contributed by atoms with E-state index < -0.39 is 21.5 Å². The van der Waals surface area contributed by atoms with E-state index in [4.69, 9.17) is 5.73 Å². The fourth-order valence-corrected chi connectivity index (χ4v) is 8.98. The van der Waals surface area contributed by atoms with Crippen LogP contribution in [-0.2, 0) is 20.2 Å². The molecule has 156 valence electrons. The van der Waals surface area contributed by atoms with E-state index in [1.54, 1.807) is 4.31 Å². The average molecular weight is 415 g/mol. The van der Waals surface area contributed by atoms with Gasteiger partial charge in [-0.25, -0.2) is 12.7 Å². The highest BCUT2D eigenvalue weighted by molar-refractivity contribution is 7.89. The first-order valence-electron chi connectivity index (χ1n) is 10.7. The fraction of sp³-hybridized carbons (Fsp3) is 0.609. The lowest BCUT2D eigenvalue weighted by atomic mass is 9.70. The first-order chi connectivity index (χ1) is 13.6. The van der Waals surface area contributed by atoms with Gasteiger partial charge in [-0.3, -0.25) is 4.79 Å². The van der Waals surface area contributed by atoms with Gasteiger partial charge in [0.05, 0.1) is 17.2 Å². The van der Waals surface area contributed by atoms with Crippen LogP contribution >= 0.6 is 0 Å². The summed E-state index contributed by atoms with van der Waals surface area (Å²) >= 11 is 0. The predicted octanol–water partition coefficient (Wildman–Crippen LogP) is 2.71. The lowest BCUT2D eigenvalue weighted by Gasteiger charge is -2.41. The number of allylic oxidation sites excluding steroid dienone is 1. The molecule has 29 heavy (non-hydrogen) atoms. The minimum absolute atomic E-state index is 0.0385. The summed E-state index contributed by atoms with van der Waals surface area (Å²) in [6.07, 6.45) is 7.48. The van der Waals surface area contributed by atoms with Gasteiger partial charge in [0.15, 0.2) is 5.78 Å². The number of carbonyl (C=O) groups excluding carboxylic acids is 1. The van der Waals surface area contributed by atoms with Crippen LogP contribution in [0.4, 0.5) is 0 Å². The van der Waals surface area contributed by atoms with Crippen molar-refractivity contribution in [2.75, 3.05) is 18.8 Å². The molecule has 0 aromatic heterocycles. The topological polar surface area (TPSA) is 80.5 Å². The van der Waals surface area contributed by atoms with Gasteiger partial charge < -0.3 is 5.73 Å². The number of sulfonamides is 1. The maximum absolute atomic E-state index is 13.4. The maximum Gasteiger partial charge on any atom is 0.215 e. The summed E-state index contributed by atoms with van der Waals surface area (Å²) < 4.78 is 28.5. The number of nitrogens with two attached hydrogens (primary N) is 1. The van der Waals surface area contributed by atoms with Crippen molar-refractivity contribution in [1.29, 1.82) is 0 Å². The smallest absolute Gasteiger partial charge is 0.215 e. The van der Waals surface area contributed by atoms with Gasteiger partial charge in [0.2, 0.25) is 10.0 Å². The fourth-order valence-electron chi connectivity index (χ4n) is 6.78. The zero-order chi connectivity index (χ0) is 20.7. The molecule has 0 radical (unpaired) electrons. The number of fused-ring (bicyclic) bond motifs is 4. The lowest BCUT2D eigenvalue weighted by molar-refractivity contribution is -0.129. The second-order valence-electron chi connectivity index (χ2n) is 10.1. The Bertz CT molecular complexity index is 1000. The molecular weight excluding hydrogens is 384 g/mol.